The lowest BCUT2D eigenvalue weighted by Gasteiger charge is -2.30. The Bertz CT molecular complexity index is 335. The summed E-state index contributed by atoms with van der Waals surface area (Å²) in [6.45, 7) is 7.82. The van der Waals surface area contributed by atoms with Crippen molar-refractivity contribution < 1.29 is 9.84 Å². The van der Waals surface area contributed by atoms with Crippen LogP contribution in [0, 0.1) is 0 Å². The van der Waals surface area contributed by atoms with E-state index in [0.717, 1.165) is 19.0 Å². The first kappa shape index (κ1) is 24.9. The molecule has 150 valence electrons. The van der Waals surface area contributed by atoms with Crippen LogP contribution in [-0.2, 0) is 4.74 Å². The molecule has 0 aromatic rings. The fraction of sp³-hybridized carbons (Fsp3) is 0.947. The third-order valence-electron chi connectivity index (χ3n) is 4.62. The van der Waals surface area contributed by atoms with Crippen LogP contribution < -0.4 is 10.6 Å². The largest absolute Gasteiger partial charge is 0.388 e. The van der Waals surface area contributed by atoms with E-state index in [0.29, 0.717) is 32.6 Å². The molecule has 1 aliphatic heterocycles. The molecule has 0 spiro atoms. The summed E-state index contributed by atoms with van der Waals surface area (Å²) in [5, 5.41) is 17.1. The maximum atomic E-state index is 10.5. The number of hydrogen-bond donors (Lipinski definition) is 3. The molecular weight excluding hydrogens is 429 g/mol. The van der Waals surface area contributed by atoms with E-state index in [1.165, 1.54) is 51.4 Å². The van der Waals surface area contributed by atoms with Gasteiger partial charge in [0.2, 0.25) is 0 Å². The van der Waals surface area contributed by atoms with Gasteiger partial charge in [-0.3, -0.25) is 4.99 Å². The van der Waals surface area contributed by atoms with Gasteiger partial charge in [-0.15, -0.1) is 24.0 Å². The van der Waals surface area contributed by atoms with Crippen molar-refractivity contribution in [3.63, 3.8) is 0 Å². The van der Waals surface area contributed by atoms with Gasteiger partial charge in [0.05, 0.1) is 12.1 Å². The first-order valence-electron chi connectivity index (χ1n) is 10.0. The molecule has 1 aliphatic rings. The standard InChI is InChI=1S/C19H39N3O2.HI/c1-3-5-6-7-8-9-10-11-14-21-18(20-4-2)22-17-19(23)12-15-24-16-13-19;/h23H,3-17H2,1-2H3,(H2,20,21,22);1H. The minimum absolute atomic E-state index is 0. The second-order valence-corrected chi connectivity index (χ2v) is 6.93. The Hall–Kier alpha value is -0.0800. The Labute approximate surface area is 171 Å². The number of unbranched alkanes of at least 4 members (excludes halogenated alkanes) is 7. The zero-order chi connectivity index (χ0) is 17.5. The average Bonchev–Trinajstić information content (AvgIpc) is 2.59. The van der Waals surface area contributed by atoms with Gasteiger partial charge in [0.25, 0.3) is 0 Å². The quantitative estimate of drug-likeness (QED) is 0.176. The van der Waals surface area contributed by atoms with Crippen LogP contribution in [0.4, 0.5) is 0 Å². The van der Waals surface area contributed by atoms with Gasteiger partial charge in [-0.1, -0.05) is 51.9 Å². The molecule has 5 nitrogen and oxygen atoms in total. The highest BCUT2D eigenvalue weighted by molar-refractivity contribution is 14.0. The number of guanidine groups is 1. The molecule has 0 bridgehead atoms. The molecule has 1 fully saturated rings. The van der Waals surface area contributed by atoms with E-state index in [1.54, 1.807) is 0 Å². The molecule has 6 heteroatoms. The predicted molar refractivity (Wildman–Crippen MR) is 117 cm³/mol. The van der Waals surface area contributed by atoms with Crippen LogP contribution in [0.3, 0.4) is 0 Å². The summed E-state index contributed by atoms with van der Waals surface area (Å²) < 4.78 is 5.31. The third kappa shape index (κ3) is 12.8. The van der Waals surface area contributed by atoms with Crippen molar-refractivity contribution >= 4 is 29.9 Å². The molecule has 3 N–H and O–H groups in total. The number of rotatable bonds is 12. The number of aliphatic imine (C=N–C) groups is 1. The van der Waals surface area contributed by atoms with Crippen molar-refractivity contribution in [1.82, 2.24) is 10.6 Å². The molecule has 0 unspecified atom stereocenters. The van der Waals surface area contributed by atoms with E-state index in [1.807, 2.05) is 0 Å². The van der Waals surface area contributed by atoms with Gasteiger partial charge in [-0.2, -0.15) is 0 Å². The van der Waals surface area contributed by atoms with Crippen molar-refractivity contribution in [2.75, 3.05) is 32.8 Å². The van der Waals surface area contributed by atoms with Crippen LogP contribution in [0.25, 0.3) is 0 Å². The number of nitrogens with one attached hydrogen (secondary N) is 2. The van der Waals surface area contributed by atoms with Crippen LogP contribution in [-0.4, -0.2) is 49.5 Å². The van der Waals surface area contributed by atoms with Crippen LogP contribution in [0.2, 0.25) is 0 Å². The van der Waals surface area contributed by atoms with Gasteiger partial charge in [0, 0.05) is 39.1 Å². The lowest BCUT2D eigenvalue weighted by atomic mass is 9.95. The second-order valence-electron chi connectivity index (χ2n) is 6.93. The van der Waals surface area contributed by atoms with Gasteiger partial charge < -0.3 is 20.5 Å². The zero-order valence-corrected chi connectivity index (χ0v) is 18.6. The van der Waals surface area contributed by atoms with E-state index >= 15 is 0 Å². The number of aliphatic hydroxyl groups is 1. The summed E-state index contributed by atoms with van der Waals surface area (Å²) in [6.07, 6.45) is 12.0. The van der Waals surface area contributed by atoms with Gasteiger partial charge in [0.1, 0.15) is 0 Å². The SMILES string of the molecule is CCCCCCCCCCNC(=NCC1(O)CCOCC1)NCC.I. The average molecular weight is 469 g/mol. The Kier molecular flexibility index (Phi) is 16.1. The second kappa shape index (κ2) is 16.1. The van der Waals surface area contributed by atoms with Gasteiger partial charge in [-0.05, 0) is 13.3 Å². The molecule has 0 amide bonds. The van der Waals surface area contributed by atoms with Crippen molar-refractivity contribution in [2.24, 2.45) is 4.99 Å². The Balaban J connectivity index is 0.00000576. The van der Waals surface area contributed by atoms with E-state index < -0.39 is 5.60 Å². The van der Waals surface area contributed by atoms with Crippen LogP contribution in [0.1, 0.15) is 78.1 Å². The van der Waals surface area contributed by atoms with Crippen LogP contribution in [0.5, 0.6) is 0 Å². The van der Waals surface area contributed by atoms with E-state index in [2.05, 4.69) is 29.5 Å². The minimum atomic E-state index is -0.695. The first-order valence-corrected chi connectivity index (χ1v) is 10.0. The number of hydrogen-bond acceptors (Lipinski definition) is 3. The Morgan fingerprint density at radius 1 is 0.960 bits per heavy atom. The minimum Gasteiger partial charge on any atom is -0.388 e. The summed E-state index contributed by atoms with van der Waals surface area (Å²) >= 11 is 0. The van der Waals surface area contributed by atoms with Crippen molar-refractivity contribution in [3.05, 3.63) is 0 Å². The summed E-state index contributed by atoms with van der Waals surface area (Å²) in [5.74, 6) is 0.820. The molecule has 0 saturated carbocycles. The van der Waals surface area contributed by atoms with Crippen LogP contribution in [0.15, 0.2) is 4.99 Å². The monoisotopic (exact) mass is 469 g/mol. The predicted octanol–water partition coefficient (Wildman–Crippen LogP) is 3.84. The summed E-state index contributed by atoms with van der Waals surface area (Å²) in [4.78, 5) is 4.57. The molecule has 0 atom stereocenters. The Morgan fingerprint density at radius 3 is 2.16 bits per heavy atom. The number of halogens is 1. The maximum absolute atomic E-state index is 10.5. The summed E-state index contributed by atoms with van der Waals surface area (Å²) in [5.41, 5.74) is -0.695. The molecule has 0 aromatic carbocycles. The van der Waals surface area contributed by atoms with E-state index in [-0.39, 0.29) is 24.0 Å². The van der Waals surface area contributed by atoms with E-state index in [4.69, 9.17) is 4.74 Å². The van der Waals surface area contributed by atoms with Gasteiger partial charge >= 0.3 is 0 Å². The highest BCUT2D eigenvalue weighted by atomic mass is 127. The molecule has 1 rings (SSSR count). The summed E-state index contributed by atoms with van der Waals surface area (Å²) in [7, 11) is 0. The van der Waals surface area contributed by atoms with Gasteiger partial charge in [-0.25, -0.2) is 0 Å². The molecule has 0 radical (unpaired) electrons. The highest BCUT2D eigenvalue weighted by Crippen LogP contribution is 2.20. The first-order chi connectivity index (χ1) is 11.7. The molecule has 1 saturated heterocycles. The van der Waals surface area contributed by atoms with Crippen molar-refractivity contribution in [3.8, 4) is 0 Å². The zero-order valence-electron chi connectivity index (χ0n) is 16.3. The molecular formula is C19H40IN3O2. The number of nitrogens with zero attached hydrogens (tertiary/aromatic N) is 1. The molecule has 0 aromatic heterocycles. The molecule has 25 heavy (non-hydrogen) atoms. The summed E-state index contributed by atoms with van der Waals surface area (Å²) in [6, 6.07) is 0. The normalized spacial score (nSPS) is 17.0. The Morgan fingerprint density at radius 2 is 1.56 bits per heavy atom. The maximum Gasteiger partial charge on any atom is 0.191 e. The fourth-order valence-electron chi connectivity index (χ4n) is 2.94. The lowest BCUT2D eigenvalue weighted by molar-refractivity contribution is -0.0565. The molecule has 0 aliphatic carbocycles. The third-order valence-corrected chi connectivity index (χ3v) is 4.62. The topological polar surface area (TPSA) is 65.9 Å². The van der Waals surface area contributed by atoms with Gasteiger partial charge in [0.15, 0.2) is 5.96 Å². The number of ether oxygens (including phenoxy) is 1. The van der Waals surface area contributed by atoms with Crippen LogP contribution >= 0.6 is 24.0 Å². The van der Waals surface area contributed by atoms with Crippen molar-refractivity contribution in [2.45, 2.75) is 83.7 Å². The fourth-order valence-corrected chi connectivity index (χ4v) is 2.94. The smallest absolute Gasteiger partial charge is 0.191 e. The van der Waals surface area contributed by atoms with Crippen molar-refractivity contribution in [1.29, 1.82) is 0 Å². The van der Waals surface area contributed by atoms with E-state index in [9.17, 15) is 5.11 Å². The molecule has 1 heterocycles. The lowest BCUT2D eigenvalue weighted by Crippen LogP contribution is -2.42. The highest BCUT2D eigenvalue weighted by Gasteiger charge is 2.29.